The Labute approximate surface area is 33.2 Å². The Hall–Kier alpha value is -0.250. The van der Waals surface area contributed by atoms with Gasteiger partial charge in [0.05, 0.1) is 0 Å². The summed E-state index contributed by atoms with van der Waals surface area (Å²) in [4.78, 5) is 0. The minimum absolute atomic E-state index is 0.833. The van der Waals surface area contributed by atoms with E-state index in [1.165, 1.54) is 0 Å². The second-order valence-corrected chi connectivity index (χ2v) is 0.748. The highest BCUT2D eigenvalue weighted by molar-refractivity contribution is 4.33. The molecule has 0 aromatic rings. The molecule has 0 rings (SSSR count). The quantitative estimate of drug-likeness (QED) is 0.441. The van der Waals surface area contributed by atoms with Gasteiger partial charge in [0.25, 0.3) is 0 Å². The van der Waals surface area contributed by atoms with E-state index in [1.807, 2.05) is 0 Å². The Morgan fingerprint density at radius 2 is 1.50 bits per heavy atom. The van der Waals surface area contributed by atoms with E-state index < -0.39 is 6.30 Å². The maximum Gasteiger partial charge on any atom is 0.457 e. The third-order valence-electron chi connectivity index (χ3n) is 0.283. The minimum Gasteiger partial charge on any atom is -0.231 e. The third kappa shape index (κ3) is 3.75. The molecule has 0 saturated heterocycles. The zero-order valence-electron chi connectivity index (χ0n) is 3.13. The van der Waals surface area contributed by atoms with E-state index in [0.717, 1.165) is 12.4 Å². The Morgan fingerprint density at radius 3 is 1.50 bits per heavy atom. The van der Waals surface area contributed by atoms with Crippen LogP contribution in [0.4, 0.5) is 13.2 Å². The van der Waals surface area contributed by atoms with Gasteiger partial charge in [0.1, 0.15) is 0 Å². The van der Waals surface area contributed by atoms with E-state index in [-0.39, 0.29) is 0 Å². The molecule has 0 fully saturated rings. The van der Waals surface area contributed by atoms with Gasteiger partial charge < -0.3 is 0 Å². The van der Waals surface area contributed by atoms with Crippen LogP contribution in [0.5, 0.6) is 0 Å². The van der Waals surface area contributed by atoms with Crippen LogP contribution >= 0.6 is 0 Å². The lowest BCUT2D eigenvalue weighted by molar-refractivity contribution is -0.151. The van der Waals surface area contributed by atoms with Gasteiger partial charge >= 0.3 is 6.30 Å². The summed E-state index contributed by atoms with van der Waals surface area (Å²) in [5, 5.41) is 1.10. The number of hydrogen-bond donors (Lipinski definition) is 1. The molecule has 0 spiro atoms. The molecule has 0 aromatic heterocycles. The van der Waals surface area contributed by atoms with Crippen LogP contribution in [0, 0.1) is 0 Å². The van der Waals surface area contributed by atoms with Crippen LogP contribution in [0.15, 0.2) is 0 Å². The molecule has 38 valence electrons. The Balaban J connectivity index is 3.17. The molecule has 0 aliphatic carbocycles. The van der Waals surface area contributed by atoms with Crippen LogP contribution in [0.1, 0.15) is 0 Å². The van der Waals surface area contributed by atoms with Crippen LogP contribution in [-0.4, -0.2) is 13.3 Å². The van der Waals surface area contributed by atoms with Crippen molar-refractivity contribution in [3.8, 4) is 0 Å². The van der Waals surface area contributed by atoms with E-state index in [0.29, 0.717) is 0 Å². The van der Waals surface area contributed by atoms with Gasteiger partial charge in [-0.05, 0) is 7.05 Å². The van der Waals surface area contributed by atoms with Crippen LogP contribution in [0.25, 0.3) is 0 Å². The predicted octanol–water partition coefficient (Wildman–Crippen LogP) is 0.726. The molecular weight excluding hydrogens is 95.0 g/mol. The van der Waals surface area contributed by atoms with Crippen molar-refractivity contribution in [1.29, 1.82) is 0 Å². The average Bonchev–Trinajstić information content (AvgIpc) is 1.35. The first-order chi connectivity index (χ1) is 2.56. The van der Waals surface area contributed by atoms with Gasteiger partial charge in [-0.2, -0.15) is 13.2 Å². The molecule has 6 heavy (non-hydrogen) atoms. The topological polar surface area (TPSA) is 12.0 Å². The smallest absolute Gasteiger partial charge is 0.231 e. The van der Waals surface area contributed by atoms with Crippen molar-refractivity contribution in [2.45, 2.75) is 6.30 Å². The van der Waals surface area contributed by atoms with Gasteiger partial charge in [0, 0.05) is 0 Å². The predicted molar refractivity (Wildman–Crippen MR) is 15.1 cm³/mol. The fourth-order valence-electron chi connectivity index (χ4n) is 0. The largest absolute Gasteiger partial charge is 0.457 e. The minimum atomic E-state index is -4.21. The molecule has 0 amide bonds. The van der Waals surface area contributed by atoms with Crippen molar-refractivity contribution < 1.29 is 13.2 Å². The summed E-state index contributed by atoms with van der Waals surface area (Å²) < 4.78 is 32.0. The molecule has 1 nitrogen and oxygen atoms in total. The Kier molecular flexibility index (Phi) is 1.40. The standard InChI is InChI=1S/C2H4F3N/c1-6-2(3,4)5/h6H,1H3. The maximum atomic E-state index is 10.7. The SMILES string of the molecule is CNC(F)(F)F. The monoisotopic (exact) mass is 99.0 g/mol. The van der Waals surface area contributed by atoms with Gasteiger partial charge in [-0.25, -0.2) is 5.32 Å². The first-order valence-electron chi connectivity index (χ1n) is 1.32. The van der Waals surface area contributed by atoms with E-state index in [4.69, 9.17) is 0 Å². The lowest BCUT2D eigenvalue weighted by atomic mass is 11.1. The van der Waals surface area contributed by atoms with Gasteiger partial charge in [0.15, 0.2) is 0 Å². The van der Waals surface area contributed by atoms with Crippen LogP contribution in [-0.2, 0) is 0 Å². The normalized spacial score (nSPS) is 12.0. The molecule has 4 heteroatoms. The van der Waals surface area contributed by atoms with Crippen molar-refractivity contribution in [3.05, 3.63) is 0 Å². The van der Waals surface area contributed by atoms with Gasteiger partial charge in [-0.1, -0.05) is 0 Å². The third-order valence-corrected chi connectivity index (χ3v) is 0.283. The Morgan fingerprint density at radius 1 is 1.33 bits per heavy atom. The number of hydrogen-bond acceptors (Lipinski definition) is 1. The second kappa shape index (κ2) is 1.47. The molecule has 0 aromatic carbocycles. The summed E-state index contributed by atoms with van der Waals surface area (Å²) >= 11 is 0. The first-order valence-corrected chi connectivity index (χ1v) is 1.32. The fourth-order valence-corrected chi connectivity index (χ4v) is 0. The summed E-state index contributed by atoms with van der Waals surface area (Å²) in [5.74, 6) is 0. The summed E-state index contributed by atoms with van der Waals surface area (Å²) in [6, 6.07) is 0. The van der Waals surface area contributed by atoms with E-state index in [1.54, 1.807) is 0 Å². The summed E-state index contributed by atoms with van der Waals surface area (Å²) in [6.07, 6.45) is -4.21. The number of halogens is 3. The highest BCUT2D eigenvalue weighted by Gasteiger charge is 2.22. The molecule has 0 aliphatic rings. The molecule has 0 bridgehead atoms. The fraction of sp³-hybridized carbons (Fsp3) is 1.00. The summed E-state index contributed by atoms with van der Waals surface area (Å²) in [7, 11) is 0.833. The van der Waals surface area contributed by atoms with Crippen LogP contribution in [0.3, 0.4) is 0 Å². The maximum absolute atomic E-state index is 10.7. The molecule has 0 atom stereocenters. The molecule has 0 aliphatic heterocycles. The highest BCUT2D eigenvalue weighted by Crippen LogP contribution is 2.06. The zero-order chi connectivity index (χ0) is 5.21. The van der Waals surface area contributed by atoms with Crippen molar-refractivity contribution in [2.24, 2.45) is 0 Å². The number of nitrogens with one attached hydrogen (secondary N) is 1. The first kappa shape index (κ1) is 5.75. The summed E-state index contributed by atoms with van der Waals surface area (Å²) in [5.41, 5.74) is 0. The second-order valence-electron chi connectivity index (χ2n) is 0.748. The van der Waals surface area contributed by atoms with Crippen LogP contribution in [0.2, 0.25) is 0 Å². The summed E-state index contributed by atoms with van der Waals surface area (Å²) in [6.45, 7) is 0. The average molecular weight is 99.1 g/mol. The molecule has 0 heterocycles. The molecular formula is C2H4F3N. The lowest BCUT2D eigenvalue weighted by Crippen LogP contribution is -2.26. The molecule has 0 unspecified atom stereocenters. The molecule has 1 N–H and O–H groups in total. The van der Waals surface area contributed by atoms with Crippen molar-refractivity contribution in [1.82, 2.24) is 5.32 Å². The van der Waals surface area contributed by atoms with Crippen molar-refractivity contribution >= 4 is 0 Å². The number of alkyl halides is 3. The number of rotatable bonds is 0. The van der Waals surface area contributed by atoms with E-state index in [9.17, 15) is 13.2 Å². The van der Waals surface area contributed by atoms with Crippen molar-refractivity contribution in [3.63, 3.8) is 0 Å². The molecule has 0 saturated carbocycles. The van der Waals surface area contributed by atoms with Gasteiger partial charge in [-0.3, -0.25) is 0 Å². The molecule has 0 radical (unpaired) electrons. The van der Waals surface area contributed by atoms with E-state index >= 15 is 0 Å². The zero-order valence-corrected chi connectivity index (χ0v) is 3.13. The lowest BCUT2D eigenvalue weighted by Gasteiger charge is -1.98. The van der Waals surface area contributed by atoms with Gasteiger partial charge in [-0.15, -0.1) is 0 Å². The van der Waals surface area contributed by atoms with Gasteiger partial charge in [0.2, 0.25) is 0 Å². The van der Waals surface area contributed by atoms with E-state index in [2.05, 4.69) is 0 Å². The highest BCUT2D eigenvalue weighted by atomic mass is 19.4. The van der Waals surface area contributed by atoms with Crippen LogP contribution < -0.4 is 5.32 Å². The Bertz CT molecular complexity index is 38.5. The van der Waals surface area contributed by atoms with Crippen molar-refractivity contribution in [2.75, 3.05) is 7.05 Å².